The van der Waals surface area contributed by atoms with Crippen LogP contribution in [0.2, 0.25) is 0 Å². The molecule has 1 aromatic carbocycles. The Bertz CT molecular complexity index is 448. The van der Waals surface area contributed by atoms with Gasteiger partial charge in [-0.25, -0.2) is 0 Å². The predicted molar refractivity (Wildman–Crippen MR) is 70.8 cm³/mol. The average Bonchev–Trinajstić information content (AvgIpc) is 2.67. The third-order valence-electron chi connectivity index (χ3n) is 2.54. The van der Waals surface area contributed by atoms with Gasteiger partial charge in [-0.3, -0.25) is 0 Å². The van der Waals surface area contributed by atoms with Crippen molar-refractivity contribution in [1.82, 2.24) is 5.32 Å². The molecule has 3 heteroatoms. The van der Waals surface area contributed by atoms with Crippen LogP contribution in [0.25, 0.3) is 0 Å². The molecule has 2 aromatic rings. The molecule has 1 nitrogen and oxygen atoms in total. The fourth-order valence-electron chi connectivity index (χ4n) is 1.62. The summed E-state index contributed by atoms with van der Waals surface area (Å²) in [6.07, 6.45) is 0. The standard InChI is InChI=1S/C14H17NS.ClH/c1-11-3-6-13(7-4-11)9-15-10-14-8-5-12(2)16-14;/h3-8,15H,9-10H2,1-2H3;1H/p-1. The van der Waals surface area contributed by atoms with Crippen LogP contribution in [0, 0.1) is 13.8 Å². The Morgan fingerprint density at radius 2 is 1.65 bits per heavy atom. The molecule has 1 N–H and O–H groups in total. The SMILES string of the molecule is Cc1ccc(CNCc2ccc(C)s2)cc1.[Cl-]. The van der Waals surface area contributed by atoms with Crippen LogP contribution in [0.15, 0.2) is 36.4 Å². The zero-order valence-corrected chi connectivity index (χ0v) is 11.7. The summed E-state index contributed by atoms with van der Waals surface area (Å²) in [5.74, 6) is 0. The van der Waals surface area contributed by atoms with Gasteiger partial charge >= 0.3 is 0 Å². The first-order valence-corrected chi connectivity index (χ1v) is 6.37. The van der Waals surface area contributed by atoms with Gasteiger partial charge in [-0.1, -0.05) is 29.8 Å². The quantitative estimate of drug-likeness (QED) is 0.857. The van der Waals surface area contributed by atoms with E-state index in [1.54, 1.807) is 0 Å². The minimum Gasteiger partial charge on any atom is -1.00 e. The second-order valence-corrected chi connectivity index (χ2v) is 5.47. The van der Waals surface area contributed by atoms with E-state index in [2.05, 4.69) is 55.6 Å². The van der Waals surface area contributed by atoms with Gasteiger partial charge in [0.1, 0.15) is 0 Å². The minimum absolute atomic E-state index is 0. The molecular weight excluding hydrogens is 250 g/mol. The lowest BCUT2D eigenvalue weighted by Gasteiger charge is -2.03. The summed E-state index contributed by atoms with van der Waals surface area (Å²) < 4.78 is 0. The largest absolute Gasteiger partial charge is 1.00 e. The van der Waals surface area contributed by atoms with Crippen molar-refractivity contribution in [1.29, 1.82) is 0 Å². The fourth-order valence-corrected chi connectivity index (χ4v) is 2.48. The summed E-state index contributed by atoms with van der Waals surface area (Å²) in [5, 5.41) is 3.46. The molecular formula is C14H17ClNS-. The van der Waals surface area contributed by atoms with Crippen LogP contribution >= 0.6 is 11.3 Å². The molecule has 0 fully saturated rings. The average molecular weight is 267 g/mol. The third kappa shape index (κ3) is 4.50. The van der Waals surface area contributed by atoms with E-state index in [9.17, 15) is 0 Å². The molecule has 0 atom stereocenters. The summed E-state index contributed by atoms with van der Waals surface area (Å²) in [7, 11) is 0. The van der Waals surface area contributed by atoms with Gasteiger partial charge < -0.3 is 17.7 Å². The number of hydrogen-bond acceptors (Lipinski definition) is 2. The van der Waals surface area contributed by atoms with E-state index < -0.39 is 0 Å². The van der Waals surface area contributed by atoms with Gasteiger partial charge in [0.15, 0.2) is 0 Å². The molecule has 0 saturated carbocycles. The number of aryl methyl sites for hydroxylation is 2. The maximum Gasteiger partial charge on any atom is 0.0303 e. The summed E-state index contributed by atoms with van der Waals surface area (Å²) in [6.45, 7) is 6.17. The van der Waals surface area contributed by atoms with E-state index >= 15 is 0 Å². The number of halogens is 1. The zero-order valence-electron chi connectivity index (χ0n) is 10.2. The van der Waals surface area contributed by atoms with Crippen LogP contribution in [-0.2, 0) is 13.1 Å². The molecule has 0 radical (unpaired) electrons. The first-order valence-electron chi connectivity index (χ1n) is 5.55. The summed E-state index contributed by atoms with van der Waals surface area (Å²) in [4.78, 5) is 2.79. The van der Waals surface area contributed by atoms with E-state index in [-0.39, 0.29) is 12.4 Å². The van der Waals surface area contributed by atoms with Crippen molar-refractivity contribution in [3.05, 3.63) is 57.3 Å². The van der Waals surface area contributed by atoms with Gasteiger partial charge in [-0.05, 0) is 31.5 Å². The zero-order chi connectivity index (χ0) is 11.4. The maximum absolute atomic E-state index is 3.46. The van der Waals surface area contributed by atoms with Crippen LogP contribution in [-0.4, -0.2) is 0 Å². The van der Waals surface area contributed by atoms with Crippen molar-refractivity contribution in [2.24, 2.45) is 0 Å². The molecule has 0 saturated heterocycles. The highest BCUT2D eigenvalue weighted by atomic mass is 35.5. The molecule has 0 aliphatic heterocycles. The summed E-state index contributed by atoms with van der Waals surface area (Å²) in [5.41, 5.74) is 2.66. The number of benzene rings is 1. The van der Waals surface area contributed by atoms with Crippen molar-refractivity contribution in [3.8, 4) is 0 Å². The van der Waals surface area contributed by atoms with Gasteiger partial charge in [-0.15, -0.1) is 11.3 Å². The lowest BCUT2D eigenvalue weighted by Crippen LogP contribution is -3.00. The van der Waals surface area contributed by atoms with Crippen LogP contribution in [0.3, 0.4) is 0 Å². The lowest BCUT2D eigenvalue weighted by molar-refractivity contribution is -0.00000334. The number of thiophene rings is 1. The predicted octanol–water partition coefficient (Wildman–Crippen LogP) is 0.659. The van der Waals surface area contributed by atoms with Gasteiger partial charge in [0, 0.05) is 22.8 Å². The van der Waals surface area contributed by atoms with Crippen LogP contribution in [0.1, 0.15) is 20.9 Å². The van der Waals surface area contributed by atoms with Crippen LogP contribution in [0.5, 0.6) is 0 Å². The maximum atomic E-state index is 3.46. The Kier molecular flexibility index (Phi) is 5.69. The second-order valence-electron chi connectivity index (χ2n) is 4.10. The van der Waals surface area contributed by atoms with Gasteiger partial charge in [0.05, 0.1) is 0 Å². The van der Waals surface area contributed by atoms with Crippen LogP contribution < -0.4 is 17.7 Å². The first-order chi connectivity index (χ1) is 7.74. The monoisotopic (exact) mass is 266 g/mol. The van der Waals surface area contributed by atoms with Crippen molar-refractivity contribution < 1.29 is 12.4 Å². The van der Waals surface area contributed by atoms with Gasteiger partial charge in [0.25, 0.3) is 0 Å². The Labute approximate surface area is 113 Å². The summed E-state index contributed by atoms with van der Waals surface area (Å²) >= 11 is 1.86. The lowest BCUT2D eigenvalue weighted by atomic mass is 10.1. The van der Waals surface area contributed by atoms with Crippen molar-refractivity contribution in [2.75, 3.05) is 0 Å². The van der Waals surface area contributed by atoms with E-state index in [0.717, 1.165) is 13.1 Å². The molecule has 1 heterocycles. The normalized spacial score (nSPS) is 10.0. The molecule has 17 heavy (non-hydrogen) atoms. The van der Waals surface area contributed by atoms with Crippen molar-refractivity contribution in [3.63, 3.8) is 0 Å². The molecule has 0 unspecified atom stereocenters. The highest BCUT2D eigenvalue weighted by Crippen LogP contribution is 2.14. The fraction of sp³-hybridized carbons (Fsp3) is 0.286. The topological polar surface area (TPSA) is 12.0 Å². The Hall–Kier alpha value is -0.830. The number of nitrogens with one attached hydrogen (secondary N) is 1. The molecule has 0 aliphatic carbocycles. The summed E-state index contributed by atoms with van der Waals surface area (Å²) in [6, 6.07) is 13.1. The van der Waals surface area contributed by atoms with E-state index in [1.165, 1.54) is 20.9 Å². The smallest absolute Gasteiger partial charge is 0.0303 e. The van der Waals surface area contributed by atoms with Crippen LogP contribution in [0.4, 0.5) is 0 Å². The van der Waals surface area contributed by atoms with Gasteiger partial charge in [0.2, 0.25) is 0 Å². The highest BCUT2D eigenvalue weighted by Gasteiger charge is 1.96. The Balaban J connectivity index is 0.00000144. The highest BCUT2D eigenvalue weighted by molar-refractivity contribution is 7.11. The Morgan fingerprint density at radius 3 is 2.24 bits per heavy atom. The van der Waals surface area contributed by atoms with E-state index in [1.807, 2.05) is 11.3 Å². The van der Waals surface area contributed by atoms with E-state index in [0.29, 0.717) is 0 Å². The van der Waals surface area contributed by atoms with Crippen molar-refractivity contribution in [2.45, 2.75) is 26.9 Å². The van der Waals surface area contributed by atoms with E-state index in [4.69, 9.17) is 0 Å². The third-order valence-corrected chi connectivity index (χ3v) is 3.55. The number of hydrogen-bond donors (Lipinski definition) is 1. The van der Waals surface area contributed by atoms with Crippen molar-refractivity contribution >= 4 is 11.3 Å². The minimum atomic E-state index is 0. The molecule has 0 spiro atoms. The van der Waals surface area contributed by atoms with Gasteiger partial charge in [-0.2, -0.15) is 0 Å². The second kappa shape index (κ2) is 6.80. The number of rotatable bonds is 4. The molecule has 1 aromatic heterocycles. The molecule has 0 aliphatic rings. The molecule has 0 amide bonds. The first kappa shape index (κ1) is 14.2. The molecule has 0 bridgehead atoms. The molecule has 2 rings (SSSR count). The Morgan fingerprint density at radius 1 is 0.941 bits per heavy atom. The molecule has 92 valence electrons.